The monoisotopic (exact) mass is 287 g/mol. The van der Waals surface area contributed by atoms with E-state index in [0.717, 1.165) is 5.56 Å². The molecule has 1 aliphatic rings. The first-order chi connectivity index (χ1) is 10.1. The number of hydrogen-bond donors (Lipinski definition) is 1. The van der Waals surface area contributed by atoms with Gasteiger partial charge in [-0.15, -0.1) is 0 Å². The fourth-order valence-electron chi connectivity index (χ4n) is 2.50. The summed E-state index contributed by atoms with van der Waals surface area (Å²) < 4.78 is 15.4. The number of rotatable bonds is 3. The minimum absolute atomic E-state index is 0.0423. The predicted molar refractivity (Wildman–Crippen MR) is 80.7 cm³/mol. The van der Waals surface area contributed by atoms with Gasteiger partial charge in [-0.05, 0) is 32.0 Å². The highest BCUT2D eigenvalue weighted by Gasteiger charge is 2.30. The molecule has 0 saturated heterocycles. The van der Waals surface area contributed by atoms with Crippen molar-refractivity contribution in [2.24, 2.45) is 10.7 Å². The molecule has 0 bridgehead atoms. The first-order valence-corrected chi connectivity index (χ1v) is 6.95. The van der Waals surface area contributed by atoms with Crippen molar-refractivity contribution < 1.29 is 4.39 Å². The van der Waals surface area contributed by atoms with Crippen LogP contribution in [0.25, 0.3) is 0 Å². The van der Waals surface area contributed by atoms with Crippen LogP contribution in [0.3, 0.4) is 0 Å². The van der Waals surface area contributed by atoms with Crippen molar-refractivity contribution in [3.05, 3.63) is 48.0 Å². The van der Waals surface area contributed by atoms with Crippen molar-refractivity contribution in [3.63, 3.8) is 0 Å². The van der Waals surface area contributed by atoms with Crippen molar-refractivity contribution in [2.45, 2.75) is 25.9 Å². The van der Waals surface area contributed by atoms with Gasteiger partial charge < -0.3 is 10.6 Å². The minimum atomic E-state index is -0.288. The Labute approximate surface area is 122 Å². The summed E-state index contributed by atoms with van der Waals surface area (Å²) in [7, 11) is 0. The normalized spacial score (nSPS) is 18.4. The number of anilines is 1. The highest BCUT2D eigenvalue weighted by molar-refractivity contribution is 5.97. The average Bonchev–Trinajstić information content (AvgIpc) is 3.05. The Morgan fingerprint density at radius 2 is 2.19 bits per heavy atom. The first kappa shape index (κ1) is 13.6. The Bertz CT molecular complexity index is 676. The van der Waals surface area contributed by atoms with Crippen LogP contribution in [0.1, 0.15) is 31.5 Å². The molecule has 5 nitrogen and oxygen atoms in total. The summed E-state index contributed by atoms with van der Waals surface area (Å²) in [6.45, 7) is 4.69. The summed E-state index contributed by atoms with van der Waals surface area (Å²) in [6, 6.07) is 6.63. The van der Waals surface area contributed by atoms with Crippen molar-refractivity contribution in [1.82, 2.24) is 9.78 Å². The van der Waals surface area contributed by atoms with E-state index in [1.54, 1.807) is 6.07 Å². The molecule has 0 radical (unpaired) electrons. The largest absolute Gasteiger partial charge is 0.369 e. The van der Waals surface area contributed by atoms with Crippen LogP contribution < -0.4 is 10.6 Å². The predicted octanol–water partition coefficient (Wildman–Crippen LogP) is 2.48. The Balaban J connectivity index is 1.95. The van der Waals surface area contributed by atoms with Crippen molar-refractivity contribution >= 4 is 11.6 Å². The number of nitrogens with two attached hydrogens (primary N) is 1. The molecule has 110 valence electrons. The lowest BCUT2D eigenvalue weighted by Crippen LogP contribution is -2.36. The molecule has 0 aliphatic carbocycles. The van der Waals surface area contributed by atoms with Gasteiger partial charge in [-0.1, -0.05) is 6.07 Å². The SMILES string of the molecule is CC(C)n1cc(C2CN=C(N)N2c2cccc(F)c2)cn1. The highest BCUT2D eigenvalue weighted by atomic mass is 19.1. The maximum Gasteiger partial charge on any atom is 0.196 e. The van der Waals surface area contributed by atoms with Crippen LogP contribution in [-0.2, 0) is 0 Å². The number of nitrogens with zero attached hydrogens (tertiary/aromatic N) is 4. The van der Waals surface area contributed by atoms with E-state index in [4.69, 9.17) is 5.73 Å². The van der Waals surface area contributed by atoms with E-state index >= 15 is 0 Å². The number of aliphatic imine (C=N–C) groups is 1. The second-order valence-electron chi connectivity index (χ2n) is 5.41. The Hall–Kier alpha value is -2.37. The van der Waals surface area contributed by atoms with Crippen LogP contribution in [0.15, 0.2) is 41.7 Å². The van der Waals surface area contributed by atoms with Crippen LogP contribution in [0, 0.1) is 5.82 Å². The molecular formula is C15H18FN5. The Morgan fingerprint density at radius 1 is 1.38 bits per heavy atom. The van der Waals surface area contributed by atoms with Crippen molar-refractivity contribution in [1.29, 1.82) is 0 Å². The maximum absolute atomic E-state index is 13.5. The lowest BCUT2D eigenvalue weighted by molar-refractivity contribution is 0.531. The fraction of sp³-hybridized carbons (Fsp3) is 0.333. The molecule has 1 aromatic heterocycles. The van der Waals surface area contributed by atoms with Crippen LogP contribution >= 0.6 is 0 Å². The maximum atomic E-state index is 13.5. The quantitative estimate of drug-likeness (QED) is 0.943. The van der Waals surface area contributed by atoms with Crippen LogP contribution in [0.2, 0.25) is 0 Å². The average molecular weight is 287 g/mol. The van der Waals surface area contributed by atoms with E-state index in [2.05, 4.69) is 23.9 Å². The molecule has 0 fully saturated rings. The van der Waals surface area contributed by atoms with Gasteiger partial charge in [-0.25, -0.2) is 4.39 Å². The summed E-state index contributed by atoms with van der Waals surface area (Å²) in [6.07, 6.45) is 3.82. The number of guanidine groups is 1. The van der Waals surface area contributed by atoms with Gasteiger partial charge in [0, 0.05) is 23.5 Å². The molecule has 1 unspecified atom stereocenters. The molecule has 1 aromatic carbocycles. The molecule has 2 aromatic rings. The molecular weight excluding hydrogens is 269 g/mol. The van der Waals surface area contributed by atoms with Gasteiger partial charge in [0.1, 0.15) is 5.82 Å². The van der Waals surface area contributed by atoms with Gasteiger partial charge in [-0.3, -0.25) is 9.67 Å². The van der Waals surface area contributed by atoms with Gasteiger partial charge in [0.15, 0.2) is 5.96 Å². The highest BCUT2D eigenvalue weighted by Crippen LogP contribution is 2.31. The molecule has 3 rings (SSSR count). The van der Waals surface area contributed by atoms with Gasteiger partial charge in [0.2, 0.25) is 0 Å². The third kappa shape index (κ3) is 2.49. The molecule has 1 aliphatic heterocycles. The molecule has 1 atom stereocenters. The standard InChI is InChI=1S/C15H18FN5/c1-10(2)20-9-11(7-19-20)14-8-18-15(17)21(14)13-5-3-4-12(16)6-13/h3-7,9-10,14H,8H2,1-2H3,(H2,17,18). The molecule has 21 heavy (non-hydrogen) atoms. The van der Waals surface area contributed by atoms with Gasteiger partial charge >= 0.3 is 0 Å². The van der Waals surface area contributed by atoms with Crippen LogP contribution in [-0.4, -0.2) is 22.3 Å². The van der Waals surface area contributed by atoms with Crippen molar-refractivity contribution in [3.8, 4) is 0 Å². The third-order valence-corrected chi connectivity index (χ3v) is 3.61. The number of aromatic nitrogens is 2. The summed E-state index contributed by atoms with van der Waals surface area (Å²) in [4.78, 5) is 6.15. The van der Waals surface area contributed by atoms with E-state index in [-0.39, 0.29) is 11.9 Å². The van der Waals surface area contributed by atoms with Gasteiger partial charge in [0.05, 0.1) is 18.8 Å². The molecule has 0 spiro atoms. The van der Waals surface area contributed by atoms with E-state index in [0.29, 0.717) is 24.2 Å². The minimum Gasteiger partial charge on any atom is -0.369 e. The topological polar surface area (TPSA) is 59.4 Å². The molecule has 0 saturated carbocycles. The molecule has 0 amide bonds. The smallest absolute Gasteiger partial charge is 0.196 e. The molecule has 2 heterocycles. The fourth-order valence-corrected chi connectivity index (χ4v) is 2.50. The van der Waals surface area contributed by atoms with Crippen LogP contribution in [0.5, 0.6) is 0 Å². The first-order valence-electron chi connectivity index (χ1n) is 6.95. The second-order valence-corrected chi connectivity index (χ2v) is 5.41. The van der Waals surface area contributed by atoms with Crippen LogP contribution in [0.4, 0.5) is 10.1 Å². The number of halogens is 1. The summed E-state index contributed by atoms with van der Waals surface area (Å²) in [5, 5.41) is 4.36. The Morgan fingerprint density at radius 3 is 2.86 bits per heavy atom. The Kier molecular flexibility index (Phi) is 3.37. The van der Waals surface area contributed by atoms with Gasteiger partial charge in [0.25, 0.3) is 0 Å². The number of hydrogen-bond acceptors (Lipinski definition) is 4. The zero-order valence-electron chi connectivity index (χ0n) is 12.1. The number of benzene rings is 1. The van der Waals surface area contributed by atoms with E-state index in [9.17, 15) is 4.39 Å². The third-order valence-electron chi connectivity index (χ3n) is 3.61. The van der Waals surface area contributed by atoms with Crippen molar-refractivity contribution in [2.75, 3.05) is 11.4 Å². The van der Waals surface area contributed by atoms with E-state index in [1.165, 1.54) is 12.1 Å². The lowest BCUT2D eigenvalue weighted by atomic mass is 10.1. The summed E-state index contributed by atoms with van der Waals surface area (Å²) >= 11 is 0. The van der Waals surface area contributed by atoms with Gasteiger partial charge in [-0.2, -0.15) is 5.10 Å². The second kappa shape index (κ2) is 5.20. The summed E-state index contributed by atoms with van der Waals surface area (Å²) in [5.41, 5.74) is 7.71. The summed E-state index contributed by atoms with van der Waals surface area (Å²) in [5.74, 6) is 0.117. The zero-order chi connectivity index (χ0) is 15.0. The lowest BCUT2D eigenvalue weighted by Gasteiger charge is -2.25. The van der Waals surface area contributed by atoms with E-state index < -0.39 is 0 Å². The van der Waals surface area contributed by atoms with E-state index in [1.807, 2.05) is 28.0 Å². The molecule has 2 N–H and O–H groups in total. The zero-order valence-corrected chi connectivity index (χ0v) is 12.1. The molecule has 6 heteroatoms.